The van der Waals surface area contributed by atoms with Crippen molar-refractivity contribution in [2.24, 2.45) is 7.05 Å². The first kappa shape index (κ1) is 15.4. The highest BCUT2D eigenvalue weighted by Gasteiger charge is 2.20. The van der Waals surface area contributed by atoms with Gasteiger partial charge >= 0.3 is 5.97 Å². The van der Waals surface area contributed by atoms with Crippen LogP contribution in [0.25, 0.3) is 17.0 Å². The van der Waals surface area contributed by atoms with Crippen LogP contribution < -0.4 is 0 Å². The Morgan fingerprint density at radius 3 is 2.78 bits per heavy atom. The lowest BCUT2D eigenvalue weighted by atomic mass is 9.98. The third-order valence-electron chi connectivity index (χ3n) is 4.39. The number of hydrogen-bond donors (Lipinski definition) is 0. The molecule has 118 valence electrons. The zero-order valence-electron chi connectivity index (χ0n) is 13.3. The number of aromatic nitrogens is 1. The van der Waals surface area contributed by atoms with Crippen LogP contribution in [0.2, 0.25) is 0 Å². The molecule has 0 aliphatic heterocycles. The highest BCUT2D eigenvalue weighted by Crippen LogP contribution is 2.24. The quantitative estimate of drug-likeness (QED) is 0.490. The van der Waals surface area contributed by atoms with Crippen molar-refractivity contribution in [3.63, 3.8) is 0 Å². The molecule has 1 aliphatic rings. The normalized spacial score (nSPS) is 16.3. The molecule has 0 amide bonds. The maximum absolute atomic E-state index is 12.3. The number of esters is 1. The number of ether oxygens (including phenoxy) is 1. The van der Waals surface area contributed by atoms with Crippen LogP contribution in [0, 0.1) is 11.3 Å². The lowest BCUT2D eigenvalue weighted by molar-refractivity contribution is -0.145. The summed E-state index contributed by atoms with van der Waals surface area (Å²) in [6.07, 6.45) is 8.70. The van der Waals surface area contributed by atoms with E-state index < -0.39 is 5.97 Å². The lowest BCUT2D eigenvalue weighted by Gasteiger charge is -2.21. The van der Waals surface area contributed by atoms with Gasteiger partial charge in [0, 0.05) is 29.7 Å². The summed E-state index contributed by atoms with van der Waals surface area (Å²) in [6.45, 7) is 0. The minimum absolute atomic E-state index is 0.0412. The van der Waals surface area contributed by atoms with Crippen LogP contribution >= 0.6 is 0 Å². The first-order valence-corrected chi connectivity index (χ1v) is 8.06. The Kier molecular flexibility index (Phi) is 4.47. The predicted octanol–water partition coefficient (Wildman–Crippen LogP) is 3.96. The molecular weight excluding hydrogens is 288 g/mol. The van der Waals surface area contributed by atoms with Gasteiger partial charge in [0.1, 0.15) is 17.7 Å². The topological polar surface area (TPSA) is 55.0 Å². The molecular formula is C19H20N2O2. The number of fused-ring (bicyclic) bond motifs is 1. The van der Waals surface area contributed by atoms with Crippen molar-refractivity contribution in [3.05, 3.63) is 41.6 Å². The minimum atomic E-state index is -0.507. The minimum Gasteiger partial charge on any atom is -0.458 e. The SMILES string of the molecule is Cn1cc(C=C(C#N)C(=O)OC2CCCCC2)c2ccccc21. The molecule has 0 bridgehead atoms. The standard InChI is InChI=1S/C19H20N2O2/c1-21-13-15(17-9-5-6-10-18(17)21)11-14(12-20)19(22)23-16-7-3-2-4-8-16/h5-6,9-11,13,16H,2-4,7-8H2,1H3. The van der Waals surface area contributed by atoms with Gasteiger partial charge in [-0.2, -0.15) is 5.26 Å². The van der Waals surface area contributed by atoms with E-state index in [1.165, 1.54) is 6.42 Å². The van der Waals surface area contributed by atoms with Gasteiger partial charge in [-0.3, -0.25) is 0 Å². The fourth-order valence-electron chi connectivity index (χ4n) is 3.18. The van der Waals surface area contributed by atoms with Gasteiger partial charge in [-0.15, -0.1) is 0 Å². The van der Waals surface area contributed by atoms with Crippen molar-refractivity contribution >= 4 is 22.9 Å². The number of nitrogens with zero attached hydrogens (tertiary/aromatic N) is 2. The molecule has 1 aromatic heterocycles. The second-order valence-electron chi connectivity index (χ2n) is 6.05. The summed E-state index contributed by atoms with van der Waals surface area (Å²) >= 11 is 0. The third-order valence-corrected chi connectivity index (χ3v) is 4.39. The van der Waals surface area contributed by atoms with Crippen LogP contribution in [0.15, 0.2) is 36.0 Å². The zero-order valence-corrected chi connectivity index (χ0v) is 13.3. The third kappa shape index (κ3) is 3.29. The molecule has 0 unspecified atom stereocenters. The highest BCUT2D eigenvalue weighted by atomic mass is 16.5. The predicted molar refractivity (Wildman–Crippen MR) is 89.5 cm³/mol. The molecule has 0 spiro atoms. The van der Waals surface area contributed by atoms with Crippen LogP contribution in [0.4, 0.5) is 0 Å². The van der Waals surface area contributed by atoms with Gasteiger partial charge in [-0.25, -0.2) is 4.79 Å². The Labute approximate surface area is 136 Å². The van der Waals surface area contributed by atoms with E-state index in [0.717, 1.165) is 42.1 Å². The second kappa shape index (κ2) is 6.70. The number of benzene rings is 1. The molecule has 4 heteroatoms. The van der Waals surface area contributed by atoms with Gasteiger partial charge in [0.25, 0.3) is 0 Å². The summed E-state index contributed by atoms with van der Waals surface area (Å²) in [5.74, 6) is -0.507. The Balaban J connectivity index is 1.85. The number of carbonyl (C=O) groups excluding carboxylic acids is 1. The summed E-state index contributed by atoms with van der Waals surface area (Å²) in [7, 11) is 1.95. The summed E-state index contributed by atoms with van der Waals surface area (Å²) in [5, 5.41) is 10.4. The highest BCUT2D eigenvalue weighted by molar-refractivity contribution is 6.01. The maximum Gasteiger partial charge on any atom is 0.349 e. The summed E-state index contributed by atoms with van der Waals surface area (Å²) < 4.78 is 7.49. The largest absolute Gasteiger partial charge is 0.458 e. The van der Waals surface area contributed by atoms with Gasteiger partial charge in [0.2, 0.25) is 0 Å². The van der Waals surface area contributed by atoms with E-state index in [1.807, 2.05) is 48.1 Å². The van der Waals surface area contributed by atoms with E-state index in [1.54, 1.807) is 6.08 Å². The zero-order chi connectivity index (χ0) is 16.2. The number of aryl methyl sites for hydroxylation is 1. The van der Waals surface area contributed by atoms with E-state index in [0.29, 0.717) is 0 Å². The number of nitriles is 1. The molecule has 0 saturated heterocycles. The van der Waals surface area contributed by atoms with Crippen LogP contribution in [0.1, 0.15) is 37.7 Å². The van der Waals surface area contributed by atoms with Crippen molar-refractivity contribution in [2.75, 3.05) is 0 Å². The molecule has 1 fully saturated rings. The lowest BCUT2D eigenvalue weighted by Crippen LogP contribution is -2.21. The number of para-hydroxylation sites is 1. The molecule has 1 aliphatic carbocycles. The fraction of sp³-hybridized carbons (Fsp3) is 0.368. The first-order valence-electron chi connectivity index (χ1n) is 8.06. The van der Waals surface area contributed by atoms with Crippen molar-refractivity contribution in [1.82, 2.24) is 4.57 Å². The van der Waals surface area contributed by atoms with Crippen LogP contribution in [-0.4, -0.2) is 16.6 Å². The Bertz CT molecular complexity index is 789. The van der Waals surface area contributed by atoms with Crippen molar-refractivity contribution in [3.8, 4) is 6.07 Å². The van der Waals surface area contributed by atoms with E-state index in [-0.39, 0.29) is 11.7 Å². The molecule has 4 nitrogen and oxygen atoms in total. The molecule has 1 heterocycles. The molecule has 0 atom stereocenters. The Morgan fingerprint density at radius 1 is 1.30 bits per heavy atom. The van der Waals surface area contributed by atoms with Crippen LogP contribution in [0.3, 0.4) is 0 Å². The second-order valence-corrected chi connectivity index (χ2v) is 6.05. The Hall–Kier alpha value is -2.54. The monoisotopic (exact) mass is 308 g/mol. The van der Waals surface area contributed by atoms with E-state index in [4.69, 9.17) is 4.74 Å². The number of carbonyl (C=O) groups is 1. The number of rotatable bonds is 3. The van der Waals surface area contributed by atoms with Gasteiger partial charge in [-0.1, -0.05) is 24.6 Å². The molecule has 1 aromatic carbocycles. The van der Waals surface area contributed by atoms with Crippen molar-refractivity contribution in [1.29, 1.82) is 5.26 Å². The van der Waals surface area contributed by atoms with Gasteiger partial charge in [0.05, 0.1) is 0 Å². The van der Waals surface area contributed by atoms with Crippen LogP contribution in [-0.2, 0) is 16.6 Å². The molecule has 23 heavy (non-hydrogen) atoms. The van der Waals surface area contributed by atoms with Crippen molar-refractivity contribution in [2.45, 2.75) is 38.2 Å². The van der Waals surface area contributed by atoms with Crippen LogP contribution in [0.5, 0.6) is 0 Å². The number of hydrogen-bond acceptors (Lipinski definition) is 3. The summed E-state index contributed by atoms with van der Waals surface area (Å²) in [6, 6.07) is 9.91. The molecule has 0 N–H and O–H groups in total. The first-order chi connectivity index (χ1) is 11.2. The maximum atomic E-state index is 12.3. The van der Waals surface area contributed by atoms with E-state index in [9.17, 15) is 10.1 Å². The molecule has 2 aromatic rings. The fourth-order valence-corrected chi connectivity index (χ4v) is 3.18. The Morgan fingerprint density at radius 2 is 2.04 bits per heavy atom. The summed E-state index contributed by atoms with van der Waals surface area (Å²) in [4.78, 5) is 12.3. The molecule has 3 rings (SSSR count). The average Bonchev–Trinajstić information content (AvgIpc) is 2.90. The molecule has 0 radical (unpaired) electrons. The van der Waals surface area contributed by atoms with Crippen molar-refractivity contribution < 1.29 is 9.53 Å². The van der Waals surface area contributed by atoms with E-state index >= 15 is 0 Å². The average molecular weight is 308 g/mol. The smallest absolute Gasteiger partial charge is 0.349 e. The summed E-state index contributed by atoms with van der Waals surface area (Å²) in [5.41, 5.74) is 1.99. The van der Waals surface area contributed by atoms with Gasteiger partial charge in [0.15, 0.2) is 0 Å². The molecule has 1 saturated carbocycles. The van der Waals surface area contributed by atoms with E-state index in [2.05, 4.69) is 0 Å². The van der Waals surface area contributed by atoms with Gasteiger partial charge < -0.3 is 9.30 Å². The van der Waals surface area contributed by atoms with Gasteiger partial charge in [-0.05, 0) is 37.8 Å².